The lowest BCUT2D eigenvalue weighted by Crippen LogP contribution is -2.26. The van der Waals surface area contributed by atoms with Gasteiger partial charge in [0.05, 0.1) is 23.4 Å². The number of benzene rings is 1. The highest BCUT2D eigenvalue weighted by molar-refractivity contribution is 7.92. The van der Waals surface area contributed by atoms with Crippen LogP contribution in [0.4, 0.5) is 5.13 Å². The third kappa shape index (κ3) is 7.52. The van der Waals surface area contributed by atoms with E-state index in [0.29, 0.717) is 46.6 Å². The van der Waals surface area contributed by atoms with Gasteiger partial charge in [0.2, 0.25) is 5.88 Å². The summed E-state index contributed by atoms with van der Waals surface area (Å²) in [6, 6.07) is 9.49. The number of rotatable bonds is 13. The number of methoxy groups -OCH3 is 1. The molecule has 4 rings (SSSR count). The number of oxime groups is 1. The average Bonchev–Trinajstić information content (AvgIpc) is 3.59. The summed E-state index contributed by atoms with van der Waals surface area (Å²) in [6.45, 7) is 3.84. The number of sulfone groups is 1. The van der Waals surface area contributed by atoms with E-state index in [2.05, 4.69) is 20.4 Å². The Bertz CT molecular complexity index is 1440. The number of carbonyl (C=O) groups is 1. The van der Waals surface area contributed by atoms with E-state index in [1.54, 1.807) is 19.1 Å². The molecule has 12 nitrogen and oxygen atoms in total. The summed E-state index contributed by atoms with van der Waals surface area (Å²) in [5.74, 6) is -0.108. The first-order chi connectivity index (χ1) is 19.2. The number of anilines is 1. The molecule has 14 heteroatoms. The van der Waals surface area contributed by atoms with Crippen LogP contribution >= 0.6 is 11.3 Å². The lowest BCUT2D eigenvalue weighted by Gasteiger charge is -2.12. The summed E-state index contributed by atoms with van der Waals surface area (Å²) >= 11 is 1.19. The molecule has 1 aromatic carbocycles. The highest BCUT2D eigenvalue weighted by atomic mass is 32.2. The first kappa shape index (κ1) is 29.8. The van der Waals surface area contributed by atoms with Gasteiger partial charge in [0, 0.05) is 31.9 Å². The van der Waals surface area contributed by atoms with Crippen molar-refractivity contribution in [2.24, 2.45) is 5.16 Å². The maximum Gasteiger partial charge on any atom is 0.280 e. The van der Waals surface area contributed by atoms with Crippen LogP contribution in [0.2, 0.25) is 0 Å². The lowest BCUT2D eigenvalue weighted by atomic mass is 10.1. The summed E-state index contributed by atoms with van der Waals surface area (Å²) in [4.78, 5) is 30.5. The van der Waals surface area contributed by atoms with Crippen molar-refractivity contribution in [2.45, 2.75) is 29.6 Å². The molecule has 40 heavy (non-hydrogen) atoms. The van der Waals surface area contributed by atoms with Crippen LogP contribution in [0, 0.1) is 0 Å². The molecule has 1 fully saturated rings. The van der Waals surface area contributed by atoms with Crippen LogP contribution in [0.5, 0.6) is 5.88 Å². The molecule has 0 saturated carbocycles. The second kappa shape index (κ2) is 13.5. The standard InChI is InChI=1S/C26H33N5O7S2/c1-17(15-35-4)38-30-23(18-5-7-19(8-6-18)40(33,34)20-11-13-36-16-20)24(32)29-26-27-21-9-10-22(28-25(21)39-26)37-14-12-31(2)3/h5-10,17,20H,11-16H2,1-4H3,(H,27,29,32)/t17-,20+/m1/s1. The molecule has 1 saturated heterocycles. The minimum atomic E-state index is -3.55. The third-order valence-corrected chi connectivity index (χ3v) is 9.02. The summed E-state index contributed by atoms with van der Waals surface area (Å²) < 4.78 is 41.9. The van der Waals surface area contributed by atoms with Crippen molar-refractivity contribution in [3.05, 3.63) is 42.0 Å². The van der Waals surface area contributed by atoms with E-state index in [9.17, 15) is 13.2 Å². The highest BCUT2D eigenvalue weighted by Crippen LogP contribution is 2.27. The van der Waals surface area contributed by atoms with E-state index in [-0.39, 0.29) is 23.8 Å². The molecule has 0 aliphatic carbocycles. The predicted octanol–water partition coefficient (Wildman–Crippen LogP) is 2.59. The summed E-state index contributed by atoms with van der Waals surface area (Å²) in [5, 5.41) is 6.58. The summed E-state index contributed by atoms with van der Waals surface area (Å²) in [7, 11) is 1.90. The Morgan fingerprint density at radius 1 is 1.23 bits per heavy atom. The van der Waals surface area contributed by atoms with Crippen molar-refractivity contribution in [2.75, 3.05) is 59.5 Å². The van der Waals surface area contributed by atoms with Crippen molar-refractivity contribution >= 4 is 48.3 Å². The molecular weight excluding hydrogens is 558 g/mol. The molecule has 3 heterocycles. The van der Waals surface area contributed by atoms with Crippen molar-refractivity contribution in [3.63, 3.8) is 0 Å². The summed E-state index contributed by atoms with van der Waals surface area (Å²) in [6.07, 6.45) is 0.0258. The molecule has 1 aliphatic heterocycles. The zero-order chi connectivity index (χ0) is 28.7. The van der Waals surface area contributed by atoms with Gasteiger partial charge in [-0.05, 0) is 45.6 Å². The van der Waals surface area contributed by atoms with Crippen LogP contribution in [0.15, 0.2) is 46.4 Å². The Morgan fingerprint density at radius 3 is 2.67 bits per heavy atom. The fourth-order valence-corrected chi connectivity index (χ4v) is 6.22. The molecule has 0 unspecified atom stereocenters. The number of aromatic nitrogens is 2. The molecule has 0 bridgehead atoms. The van der Waals surface area contributed by atoms with Crippen molar-refractivity contribution in [1.29, 1.82) is 0 Å². The minimum absolute atomic E-state index is 0.0453. The average molecular weight is 592 g/mol. The molecule has 0 spiro atoms. The van der Waals surface area contributed by atoms with Gasteiger partial charge in [0.15, 0.2) is 20.7 Å². The van der Waals surface area contributed by atoms with Gasteiger partial charge in [-0.1, -0.05) is 28.6 Å². The van der Waals surface area contributed by atoms with Crippen LogP contribution in [0.1, 0.15) is 18.9 Å². The van der Waals surface area contributed by atoms with Crippen LogP contribution < -0.4 is 10.1 Å². The molecule has 2 aromatic heterocycles. The predicted molar refractivity (Wildman–Crippen MR) is 152 cm³/mol. The van der Waals surface area contributed by atoms with E-state index in [4.69, 9.17) is 19.0 Å². The molecule has 3 aromatic rings. The zero-order valence-electron chi connectivity index (χ0n) is 22.8. The van der Waals surface area contributed by atoms with Crippen LogP contribution in [-0.2, 0) is 28.9 Å². The highest BCUT2D eigenvalue weighted by Gasteiger charge is 2.31. The summed E-state index contributed by atoms with van der Waals surface area (Å²) in [5.41, 5.74) is 0.935. The number of pyridine rings is 1. The monoisotopic (exact) mass is 591 g/mol. The van der Waals surface area contributed by atoms with E-state index in [1.165, 1.54) is 42.7 Å². The van der Waals surface area contributed by atoms with Gasteiger partial charge >= 0.3 is 0 Å². The van der Waals surface area contributed by atoms with E-state index in [0.717, 1.165) is 6.54 Å². The topological polar surface area (TPSA) is 142 Å². The van der Waals surface area contributed by atoms with Gasteiger partial charge in [-0.15, -0.1) is 0 Å². The number of thiazole rings is 1. The van der Waals surface area contributed by atoms with Gasteiger partial charge in [0.25, 0.3) is 5.91 Å². The van der Waals surface area contributed by atoms with Gasteiger partial charge in [-0.3, -0.25) is 10.1 Å². The van der Waals surface area contributed by atoms with E-state index < -0.39 is 27.1 Å². The second-order valence-corrected chi connectivity index (χ2v) is 12.7. The number of amides is 1. The third-order valence-electron chi connectivity index (χ3n) is 5.96. The van der Waals surface area contributed by atoms with Crippen molar-refractivity contribution < 1.29 is 32.3 Å². The fourth-order valence-electron chi connectivity index (χ4n) is 3.81. The Labute approximate surface area is 237 Å². The SMILES string of the molecule is COC[C@@H](C)ON=C(C(=O)Nc1nc2ccc(OCCN(C)C)nc2s1)c1ccc(S(=O)(=O)[C@H]2CCOC2)cc1. The number of hydrogen-bond acceptors (Lipinski definition) is 12. The van der Waals surface area contributed by atoms with Gasteiger partial charge in [-0.2, -0.15) is 0 Å². The lowest BCUT2D eigenvalue weighted by molar-refractivity contribution is -0.110. The normalized spacial score (nSPS) is 16.8. The van der Waals surface area contributed by atoms with Crippen LogP contribution in [-0.4, -0.2) is 100 Å². The quantitative estimate of drug-likeness (QED) is 0.233. The largest absolute Gasteiger partial charge is 0.476 e. The number of carbonyl (C=O) groups excluding carboxylic acids is 1. The van der Waals surface area contributed by atoms with Gasteiger partial charge in [0.1, 0.15) is 23.1 Å². The minimum Gasteiger partial charge on any atom is -0.476 e. The van der Waals surface area contributed by atoms with Gasteiger partial charge in [-0.25, -0.2) is 18.4 Å². The van der Waals surface area contributed by atoms with Crippen molar-refractivity contribution in [3.8, 4) is 5.88 Å². The van der Waals surface area contributed by atoms with Crippen LogP contribution in [0.25, 0.3) is 10.3 Å². The van der Waals surface area contributed by atoms with Crippen LogP contribution in [0.3, 0.4) is 0 Å². The van der Waals surface area contributed by atoms with E-state index >= 15 is 0 Å². The number of hydrogen-bond donors (Lipinski definition) is 1. The molecule has 1 N–H and O–H groups in total. The Kier molecular flexibility index (Phi) is 10.0. The number of likely N-dealkylation sites (N-methyl/N-ethyl adjacent to an activating group) is 1. The Hall–Kier alpha value is -3.17. The number of fused-ring (bicyclic) bond motifs is 1. The molecular formula is C26H33N5O7S2. The first-order valence-electron chi connectivity index (χ1n) is 12.7. The second-order valence-electron chi connectivity index (χ2n) is 9.46. The molecule has 0 radical (unpaired) electrons. The Morgan fingerprint density at radius 2 is 2.00 bits per heavy atom. The number of nitrogens with one attached hydrogen (secondary N) is 1. The van der Waals surface area contributed by atoms with E-state index in [1.807, 2.05) is 19.0 Å². The number of nitrogens with zero attached hydrogens (tertiary/aromatic N) is 4. The smallest absolute Gasteiger partial charge is 0.280 e. The fraction of sp³-hybridized carbons (Fsp3) is 0.462. The van der Waals surface area contributed by atoms with Gasteiger partial charge < -0.3 is 23.9 Å². The number of ether oxygens (including phenoxy) is 3. The maximum absolute atomic E-state index is 13.4. The molecule has 216 valence electrons. The molecule has 1 aliphatic rings. The molecule has 2 atom stereocenters. The zero-order valence-corrected chi connectivity index (χ0v) is 24.5. The Balaban J connectivity index is 1.54. The first-order valence-corrected chi connectivity index (χ1v) is 15.0. The molecule has 1 amide bonds. The van der Waals surface area contributed by atoms with Crippen molar-refractivity contribution in [1.82, 2.24) is 14.9 Å². The maximum atomic E-state index is 13.4.